The summed E-state index contributed by atoms with van der Waals surface area (Å²) in [6.07, 6.45) is 0. The van der Waals surface area contributed by atoms with Crippen molar-refractivity contribution in [2.24, 2.45) is 0 Å². The summed E-state index contributed by atoms with van der Waals surface area (Å²) in [5, 5.41) is 0. The van der Waals surface area contributed by atoms with Crippen molar-refractivity contribution in [2.45, 2.75) is 209 Å². The molecule has 75 heavy (non-hydrogen) atoms. The average Bonchev–Trinajstić information content (AvgIpc) is 3.25. The molecule has 0 bridgehead atoms. The fourth-order valence-corrected chi connectivity index (χ4v) is 10.7. The van der Waals surface area contributed by atoms with Crippen LogP contribution in [-0.4, -0.2) is 9.79 Å². The van der Waals surface area contributed by atoms with Crippen LogP contribution in [-0.2, 0) is 56.8 Å². The molecule has 2 atom stereocenters. The second-order valence-corrected chi connectivity index (χ2v) is 31.0. The van der Waals surface area contributed by atoms with E-state index in [9.17, 15) is 9.13 Å². The van der Waals surface area contributed by atoms with Gasteiger partial charge in [-0.2, -0.15) is 0 Å². The Labute approximate surface area is 456 Å². The van der Waals surface area contributed by atoms with E-state index in [1.807, 2.05) is 0 Å². The quantitative estimate of drug-likeness (QED) is 0.156. The van der Waals surface area contributed by atoms with Gasteiger partial charge in [-0.05, 0) is 150 Å². The molecule has 0 heterocycles. The Kier molecular flexibility index (Phi) is 17.9. The van der Waals surface area contributed by atoms with Crippen LogP contribution in [0.5, 0.6) is 0 Å². The molecule has 0 fully saturated rings. The van der Waals surface area contributed by atoms with Gasteiger partial charge in [0.05, 0.1) is 0 Å². The molecule has 6 aromatic carbocycles. The fourth-order valence-electron chi connectivity index (χ4n) is 10.1. The highest BCUT2D eigenvalue weighted by Crippen LogP contribution is 2.56. The summed E-state index contributed by atoms with van der Waals surface area (Å²) in [6, 6.07) is 43.8. The molecule has 0 aliphatic heterocycles. The first-order valence-electron chi connectivity index (χ1n) is 27.0. The molecule has 0 aliphatic rings. The van der Waals surface area contributed by atoms with Gasteiger partial charge in [0.1, 0.15) is 0 Å². The van der Waals surface area contributed by atoms with Crippen molar-refractivity contribution in [1.29, 1.82) is 0 Å². The van der Waals surface area contributed by atoms with E-state index in [-0.39, 0.29) is 43.3 Å². The van der Waals surface area contributed by atoms with E-state index in [0.29, 0.717) is 0 Å². The smallest absolute Gasteiger partial charge is 0.323 e. The average molecular weight is 1050 g/mol. The molecule has 2 N–H and O–H groups in total. The van der Waals surface area contributed by atoms with Gasteiger partial charge in [-0.15, -0.1) is 0 Å². The van der Waals surface area contributed by atoms with Gasteiger partial charge in [0, 0.05) is 0 Å². The summed E-state index contributed by atoms with van der Waals surface area (Å²) in [5.41, 5.74) is 23.1. The number of rotatable bonds is 7. The van der Waals surface area contributed by atoms with E-state index in [2.05, 4.69) is 280 Å². The minimum absolute atomic E-state index is 0.00361. The molecule has 0 amide bonds. The first-order valence-corrected chi connectivity index (χ1v) is 29.5. The Bertz CT molecular complexity index is 3050. The maximum absolute atomic E-state index is 9.44. The predicted octanol–water partition coefficient (Wildman–Crippen LogP) is 20.2. The zero-order valence-electron chi connectivity index (χ0n) is 50.5. The highest BCUT2D eigenvalue weighted by Gasteiger charge is 2.35. The largest absolute Gasteiger partial charge is 0.326 e. The van der Waals surface area contributed by atoms with Gasteiger partial charge in [0.2, 0.25) is 0 Å². The molecule has 0 aliphatic carbocycles. The molecular formula is C68H94O5P2. The first-order chi connectivity index (χ1) is 33.9. The monoisotopic (exact) mass is 1050 g/mol. The van der Waals surface area contributed by atoms with Crippen LogP contribution < -0.4 is 0 Å². The van der Waals surface area contributed by atoms with Crippen molar-refractivity contribution in [2.75, 3.05) is 0 Å². The molecule has 7 heteroatoms. The SMILES string of the molecule is CC(C)(C)c1ccc(-c2cc(-c3ccc(C(C)(C)C)cc3C(C)(C)C)c(-c3ccc(C(C)(C)C)cc3C(C)(C)C)c(-c3ccc(C(C)(C)C)cc3C(C)(C)C)c2-c2ccccc2)c(C(C)(C)C)c1.O=[PH](O)O[PH](=O)O. The van der Waals surface area contributed by atoms with Gasteiger partial charge < -0.3 is 9.79 Å². The zero-order chi connectivity index (χ0) is 57.0. The molecule has 6 rings (SSSR count). The summed E-state index contributed by atoms with van der Waals surface area (Å²) in [4.78, 5) is 15.4. The summed E-state index contributed by atoms with van der Waals surface area (Å²) < 4.78 is 22.3. The van der Waals surface area contributed by atoms with Crippen LogP contribution >= 0.6 is 16.5 Å². The molecule has 406 valence electrons. The molecule has 2 unspecified atom stereocenters. The minimum Gasteiger partial charge on any atom is -0.326 e. The van der Waals surface area contributed by atoms with Crippen LogP contribution in [0.4, 0.5) is 0 Å². The fraction of sp³-hybridized carbons (Fsp3) is 0.471. The van der Waals surface area contributed by atoms with Gasteiger partial charge in [-0.3, -0.25) is 9.13 Å². The van der Waals surface area contributed by atoms with Gasteiger partial charge in [-0.1, -0.05) is 269 Å². The lowest BCUT2D eigenvalue weighted by atomic mass is 9.69. The minimum atomic E-state index is -3.20. The Morgan fingerprint density at radius 2 is 0.560 bits per heavy atom. The number of hydrogen-bond acceptors (Lipinski definition) is 3. The topological polar surface area (TPSA) is 83.8 Å². The lowest BCUT2D eigenvalue weighted by Gasteiger charge is -2.35. The van der Waals surface area contributed by atoms with E-state index in [1.54, 1.807) is 0 Å². The Hall–Kier alpha value is -4.34. The summed E-state index contributed by atoms with van der Waals surface area (Å²) in [5.74, 6) is 0. The summed E-state index contributed by atoms with van der Waals surface area (Å²) in [6.45, 7) is 57.1. The van der Waals surface area contributed by atoms with E-state index < -0.39 is 16.5 Å². The molecule has 0 saturated carbocycles. The van der Waals surface area contributed by atoms with Crippen LogP contribution in [0.1, 0.15) is 211 Å². The van der Waals surface area contributed by atoms with E-state index in [0.717, 1.165) is 0 Å². The Balaban J connectivity index is 0.00000138. The third kappa shape index (κ3) is 14.6. The molecule has 0 saturated heterocycles. The third-order valence-electron chi connectivity index (χ3n) is 14.5. The van der Waals surface area contributed by atoms with Crippen molar-refractivity contribution in [3.63, 3.8) is 0 Å². The van der Waals surface area contributed by atoms with Crippen molar-refractivity contribution in [1.82, 2.24) is 0 Å². The van der Waals surface area contributed by atoms with Crippen LogP contribution in [0.3, 0.4) is 0 Å². The highest BCUT2D eigenvalue weighted by molar-refractivity contribution is 7.46. The number of hydrogen-bond donors (Lipinski definition) is 2. The normalized spacial score (nSPS) is 14.1. The van der Waals surface area contributed by atoms with E-state index >= 15 is 0 Å². The Morgan fingerprint density at radius 1 is 0.293 bits per heavy atom. The van der Waals surface area contributed by atoms with Gasteiger partial charge >= 0.3 is 16.5 Å². The van der Waals surface area contributed by atoms with Crippen LogP contribution in [0.2, 0.25) is 0 Å². The summed E-state index contributed by atoms with van der Waals surface area (Å²) in [7, 11) is -6.40. The standard InChI is InChI=1S/C68H90.H4O5P2/c1-61(2,3)44-30-34-48(54(38-44)65(13,14)15)52-42-53(49-35-31-45(62(4,5)6)39-55(49)66(16,17)18)59(50-36-32-46(63(7,8)9)40-56(50)67(19,20)21)60(58(52)43-28-26-25-27-29-43)51-37-33-47(64(10,11)12)41-57(51)68(22,23)24;1-6(2)5-7(3)4/h25-42H,1-24H3;6-7H,(H,1,2)(H,3,4). The molecule has 0 spiro atoms. The molecular weight excluding hydrogens is 959 g/mol. The maximum Gasteiger partial charge on any atom is 0.323 e. The van der Waals surface area contributed by atoms with Crippen LogP contribution in [0.25, 0.3) is 55.6 Å². The molecule has 6 aromatic rings. The van der Waals surface area contributed by atoms with Crippen molar-refractivity contribution in [3.05, 3.63) is 154 Å². The van der Waals surface area contributed by atoms with Crippen LogP contribution in [0.15, 0.2) is 109 Å². The number of benzene rings is 6. The maximum atomic E-state index is 9.44. The molecule has 5 nitrogen and oxygen atoms in total. The van der Waals surface area contributed by atoms with Gasteiger partial charge in [0.25, 0.3) is 0 Å². The van der Waals surface area contributed by atoms with E-state index in [1.165, 1.54) is 100 Å². The van der Waals surface area contributed by atoms with Crippen molar-refractivity contribution in [3.8, 4) is 55.6 Å². The second kappa shape index (κ2) is 21.8. The second-order valence-electron chi connectivity index (χ2n) is 29.1. The lowest BCUT2D eigenvalue weighted by Crippen LogP contribution is -2.20. The van der Waals surface area contributed by atoms with Crippen LogP contribution in [0, 0.1) is 0 Å². The molecule has 0 aromatic heterocycles. The third-order valence-corrected chi connectivity index (χ3v) is 15.9. The summed E-state index contributed by atoms with van der Waals surface area (Å²) >= 11 is 0. The highest BCUT2D eigenvalue weighted by atomic mass is 31.2. The lowest BCUT2D eigenvalue weighted by molar-refractivity contribution is 0.371. The van der Waals surface area contributed by atoms with E-state index in [4.69, 9.17) is 9.79 Å². The van der Waals surface area contributed by atoms with Gasteiger partial charge in [-0.25, -0.2) is 4.31 Å². The molecule has 0 radical (unpaired) electrons. The van der Waals surface area contributed by atoms with Gasteiger partial charge in [0.15, 0.2) is 0 Å². The Morgan fingerprint density at radius 3 is 0.827 bits per heavy atom. The van der Waals surface area contributed by atoms with Crippen molar-refractivity contribution >= 4 is 16.5 Å². The predicted molar refractivity (Wildman–Crippen MR) is 327 cm³/mol. The van der Waals surface area contributed by atoms with Crippen molar-refractivity contribution < 1.29 is 23.2 Å². The first kappa shape index (κ1) is 61.5. The zero-order valence-corrected chi connectivity index (χ0v) is 52.5.